The first-order valence-corrected chi connectivity index (χ1v) is 6.13. The van der Waals surface area contributed by atoms with Crippen molar-refractivity contribution in [3.8, 4) is 0 Å². The van der Waals surface area contributed by atoms with Crippen LogP contribution in [0, 0.1) is 0 Å². The molecule has 2 N–H and O–H groups in total. The molecule has 3 rings (SSSR count). The van der Waals surface area contributed by atoms with Crippen LogP contribution in [0.1, 0.15) is 0 Å². The molecule has 6 nitrogen and oxygen atoms in total. The maximum atomic E-state index is 12.0. The molecule has 1 fully saturated rings. The molecule has 3 atom stereocenters. The molecule has 0 spiro atoms. The molecule has 1 aromatic carbocycles. The third kappa shape index (κ3) is 2.06. The third-order valence-electron chi connectivity index (χ3n) is 2.99. The van der Waals surface area contributed by atoms with Gasteiger partial charge in [0.2, 0.25) is 0 Å². The molecule has 7 heteroatoms. The summed E-state index contributed by atoms with van der Waals surface area (Å²) >= 11 is 4.88. The number of nitrogens with two attached hydrogens (primary N) is 1. The monoisotopic (exact) mass is 277 g/mol. The zero-order valence-electron chi connectivity index (χ0n) is 9.80. The van der Waals surface area contributed by atoms with Crippen molar-refractivity contribution in [2.24, 2.45) is 10.7 Å². The Kier molecular flexibility index (Phi) is 2.92. The minimum atomic E-state index is -0.682. The summed E-state index contributed by atoms with van der Waals surface area (Å²) < 4.78 is 10.6. The third-order valence-corrected chi connectivity index (χ3v) is 3.19. The number of nitrogens with zero attached hydrogens (tertiary/aromatic N) is 2. The van der Waals surface area contributed by atoms with Crippen LogP contribution in [-0.4, -0.2) is 35.9 Å². The molecule has 0 aromatic heterocycles. The number of hydrogen-bond acceptors (Lipinski definition) is 5. The van der Waals surface area contributed by atoms with Gasteiger partial charge in [-0.25, -0.2) is 9.79 Å². The van der Waals surface area contributed by atoms with Crippen LogP contribution in [0.25, 0.3) is 0 Å². The lowest BCUT2D eigenvalue weighted by molar-refractivity contribution is 0.00884. The number of para-hydroxylation sites is 1. The normalized spacial score (nSPS) is 29.5. The first-order valence-electron chi connectivity index (χ1n) is 5.72. The number of benzene rings is 1. The number of carbonyl (C=O) groups excluding carboxylic acids is 1. The summed E-state index contributed by atoms with van der Waals surface area (Å²) in [6.07, 6.45) is -0.908. The minimum absolute atomic E-state index is 0.0997. The van der Waals surface area contributed by atoms with Gasteiger partial charge < -0.3 is 15.2 Å². The number of thiocarbonyl (C=S) groups is 1. The fourth-order valence-corrected chi connectivity index (χ4v) is 2.27. The highest BCUT2D eigenvalue weighted by Gasteiger charge is 2.45. The van der Waals surface area contributed by atoms with Crippen molar-refractivity contribution in [2.45, 2.75) is 18.4 Å². The Bertz CT molecular complexity index is 548. The predicted molar refractivity (Wildman–Crippen MR) is 73.1 cm³/mol. The van der Waals surface area contributed by atoms with Gasteiger partial charge in [-0.2, -0.15) is 0 Å². The average molecular weight is 277 g/mol. The van der Waals surface area contributed by atoms with Crippen LogP contribution in [0.4, 0.5) is 10.5 Å². The van der Waals surface area contributed by atoms with E-state index in [0.717, 1.165) is 0 Å². The molecule has 19 heavy (non-hydrogen) atoms. The molecule has 98 valence electrons. The fourth-order valence-electron chi connectivity index (χ4n) is 2.10. The Morgan fingerprint density at radius 2 is 2.00 bits per heavy atom. The van der Waals surface area contributed by atoms with E-state index in [1.165, 1.54) is 11.1 Å². The highest BCUT2D eigenvalue weighted by molar-refractivity contribution is 7.80. The molecule has 2 heterocycles. The molecular formula is C12H11N3O3S. The Morgan fingerprint density at radius 3 is 2.74 bits per heavy atom. The van der Waals surface area contributed by atoms with E-state index in [4.69, 9.17) is 27.4 Å². The highest BCUT2D eigenvalue weighted by Crippen LogP contribution is 2.26. The molecule has 0 aliphatic carbocycles. The first-order chi connectivity index (χ1) is 9.16. The van der Waals surface area contributed by atoms with Crippen molar-refractivity contribution in [3.63, 3.8) is 0 Å². The number of carbonyl (C=O) groups is 1. The van der Waals surface area contributed by atoms with Crippen LogP contribution in [0.2, 0.25) is 0 Å². The quantitative estimate of drug-likeness (QED) is 0.776. The summed E-state index contributed by atoms with van der Waals surface area (Å²) in [6.45, 7) is 0. The molecule has 1 aromatic rings. The summed E-state index contributed by atoms with van der Waals surface area (Å²) in [5, 5.41) is 0.0997. The topological polar surface area (TPSA) is 77.1 Å². The Labute approximate surface area is 114 Å². The zero-order chi connectivity index (χ0) is 13.4. The lowest BCUT2D eigenvalue weighted by atomic mass is 10.1. The van der Waals surface area contributed by atoms with Crippen LogP contribution >= 0.6 is 12.2 Å². The van der Waals surface area contributed by atoms with Gasteiger partial charge in [-0.15, -0.1) is 0 Å². The Hall–Kier alpha value is -1.99. The largest absolute Gasteiger partial charge is 0.458 e. The lowest BCUT2D eigenvalue weighted by Gasteiger charge is -2.42. The number of hydrogen-bond donors (Lipinski definition) is 1. The van der Waals surface area contributed by atoms with E-state index in [1.807, 2.05) is 18.2 Å². The molecule has 2 aliphatic heterocycles. The van der Waals surface area contributed by atoms with Crippen molar-refractivity contribution in [3.05, 3.63) is 30.3 Å². The van der Waals surface area contributed by atoms with Crippen LogP contribution in [-0.2, 0) is 9.47 Å². The smallest absolute Gasteiger partial charge is 0.416 e. The van der Waals surface area contributed by atoms with E-state index in [1.54, 1.807) is 12.1 Å². The van der Waals surface area contributed by atoms with E-state index in [-0.39, 0.29) is 5.17 Å². The molecule has 2 aliphatic rings. The summed E-state index contributed by atoms with van der Waals surface area (Å²) in [7, 11) is 0. The highest BCUT2D eigenvalue weighted by atomic mass is 32.1. The molecule has 1 saturated heterocycles. The van der Waals surface area contributed by atoms with Crippen molar-refractivity contribution in [1.29, 1.82) is 0 Å². The Balaban J connectivity index is 1.93. The first kappa shape index (κ1) is 12.1. The van der Waals surface area contributed by atoms with Gasteiger partial charge in [-0.05, 0) is 24.4 Å². The molecule has 0 saturated carbocycles. The molecule has 0 bridgehead atoms. The van der Waals surface area contributed by atoms with Gasteiger partial charge in [0.05, 0.1) is 6.21 Å². The van der Waals surface area contributed by atoms with Gasteiger partial charge in [0.25, 0.3) is 5.17 Å². The van der Waals surface area contributed by atoms with Crippen LogP contribution in [0.3, 0.4) is 0 Å². The zero-order valence-corrected chi connectivity index (χ0v) is 10.6. The van der Waals surface area contributed by atoms with Gasteiger partial charge in [0, 0.05) is 5.69 Å². The SMILES string of the molecule is NC1[C@@H]2OC(=S)N=C[C@H]2OC(=O)N1c1ccccc1. The number of anilines is 1. The van der Waals surface area contributed by atoms with Crippen LogP contribution in [0.5, 0.6) is 0 Å². The number of aliphatic imine (C=N–C) groups is 1. The standard InChI is InChI=1S/C12H11N3O3S/c13-10-9-8(6-14-11(19)18-9)17-12(16)15(10)7-4-2-1-3-5-7/h1-6,8-10H,13H2/t8-,9-,10?/m1/s1. The van der Waals surface area contributed by atoms with E-state index in [9.17, 15) is 4.79 Å². The fraction of sp³-hybridized carbons (Fsp3) is 0.250. The second-order valence-electron chi connectivity index (χ2n) is 4.17. The lowest BCUT2D eigenvalue weighted by Crippen LogP contribution is -2.65. The van der Waals surface area contributed by atoms with Gasteiger partial charge in [0.1, 0.15) is 6.17 Å². The van der Waals surface area contributed by atoms with E-state index in [0.29, 0.717) is 5.69 Å². The maximum Gasteiger partial charge on any atom is 0.416 e. The number of rotatable bonds is 1. The summed E-state index contributed by atoms with van der Waals surface area (Å²) in [5.41, 5.74) is 6.75. The molecule has 1 amide bonds. The van der Waals surface area contributed by atoms with Crippen molar-refractivity contribution in [2.75, 3.05) is 4.90 Å². The predicted octanol–water partition coefficient (Wildman–Crippen LogP) is 1.05. The molecule has 0 radical (unpaired) electrons. The van der Waals surface area contributed by atoms with Gasteiger partial charge in [-0.3, -0.25) is 4.90 Å². The number of fused-ring (bicyclic) bond motifs is 1. The molecular weight excluding hydrogens is 266 g/mol. The van der Waals surface area contributed by atoms with Crippen molar-refractivity contribution in [1.82, 2.24) is 0 Å². The van der Waals surface area contributed by atoms with Crippen LogP contribution in [0.15, 0.2) is 35.3 Å². The van der Waals surface area contributed by atoms with Crippen molar-refractivity contribution >= 4 is 35.4 Å². The van der Waals surface area contributed by atoms with Crippen molar-refractivity contribution < 1.29 is 14.3 Å². The van der Waals surface area contributed by atoms with E-state index >= 15 is 0 Å². The number of amides is 1. The maximum absolute atomic E-state index is 12.0. The van der Waals surface area contributed by atoms with E-state index < -0.39 is 24.5 Å². The summed E-state index contributed by atoms with van der Waals surface area (Å²) in [6, 6.07) is 9.03. The second kappa shape index (κ2) is 4.60. The summed E-state index contributed by atoms with van der Waals surface area (Å²) in [5.74, 6) is 0. The second-order valence-corrected chi connectivity index (χ2v) is 4.52. The van der Waals surface area contributed by atoms with E-state index in [2.05, 4.69) is 4.99 Å². The summed E-state index contributed by atoms with van der Waals surface area (Å²) in [4.78, 5) is 17.2. The molecule has 1 unspecified atom stereocenters. The van der Waals surface area contributed by atoms with Crippen LogP contribution < -0.4 is 10.6 Å². The van der Waals surface area contributed by atoms with Gasteiger partial charge in [0.15, 0.2) is 12.2 Å². The minimum Gasteiger partial charge on any atom is -0.458 e. The number of ether oxygens (including phenoxy) is 2. The van der Waals surface area contributed by atoms with Gasteiger partial charge >= 0.3 is 6.09 Å². The van der Waals surface area contributed by atoms with Gasteiger partial charge in [-0.1, -0.05) is 18.2 Å². The average Bonchev–Trinajstić information content (AvgIpc) is 2.41. The Morgan fingerprint density at radius 1 is 1.26 bits per heavy atom.